The van der Waals surface area contributed by atoms with E-state index in [0.717, 1.165) is 12.0 Å². The summed E-state index contributed by atoms with van der Waals surface area (Å²) in [6.45, 7) is 5.11. The van der Waals surface area contributed by atoms with Crippen LogP contribution in [0.2, 0.25) is 0 Å². The van der Waals surface area contributed by atoms with Gasteiger partial charge in [0, 0.05) is 20.2 Å². The van der Waals surface area contributed by atoms with E-state index in [1.807, 2.05) is 0 Å². The normalized spacial score (nSPS) is 23.5. The van der Waals surface area contributed by atoms with Crippen molar-refractivity contribution in [3.05, 3.63) is 35.1 Å². The Bertz CT molecular complexity index is 475. The van der Waals surface area contributed by atoms with E-state index in [0.29, 0.717) is 19.0 Å². The summed E-state index contributed by atoms with van der Waals surface area (Å²) in [5.74, 6) is -0.263. The fourth-order valence-electron chi connectivity index (χ4n) is 2.49. The first-order chi connectivity index (χ1) is 9.02. The van der Waals surface area contributed by atoms with Gasteiger partial charge in [-0.3, -0.25) is 4.79 Å². The molecular formula is C15H20FNO2. The van der Waals surface area contributed by atoms with Gasteiger partial charge in [-0.05, 0) is 37.0 Å². The lowest BCUT2D eigenvalue weighted by atomic mass is 9.95. The second-order valence-corrected chi connectivity index (χ2v) is 5.27. The molecule has 2 unspecified atom stereocenters. The monoisotopic (exact) mass is 265 g/mol. The summed E-state index contributed by atoms with van der Waals surface area (Å²) in [4.78, 5) is 14.0. The third-order valence-corrected chi connectivity index (χ3v) is 3.83. The first-order valence-corrected chi connectivity index (χ1v) is 6.61. The number of aryl methyl sites for hydroxylation is 1. The van der Waals surface area contributed by atoms with E-state index in [1.165, 1.54) is 6.07 Å². The Labute approximate surface area is 113 Å². The van der Waals surface area contributed by atoms with Gasteiger partial charge in [-0.15, -0.1) is 0 Å². The Morgan fingerprint density at radius 3 is 2.84 bits per heavy atom. The summed E-state index contributed by atoms with van der Waals surface area (Å²) in [5, 5.41) is 0. The number of amides is 1. The van der Waals surface area contributed by atoms with Gasteiger partial charge in [0.25, 0.3) is 5.91 Å². The lowest BCUT2D eigenvalue weighted by Crippen LogP contribution is -2.46. The molecule has 0 bridgehead atoms. The summed E-state index contributed by atoms with van der Waals surface area (Å²) >= 11 is 0. The minimum atomic E-state index is -0.447. The predicted molar refractivity (Wildman–Crippen MR) is 71.6 cm³/mol. The van der Waals surface area contributed by atoms with Crippen molar-refractivity contribution in [1.29, 1.82) is 0 Å². The number of hydrogen-bond acceptors (Lipinski definition) is 2. The van der Waals surface area contributed by atoms with Gasteiger partial charge in [0.15, 0.2) is 0 Å². The van der Waals surface area contributed by atoms with Crippen LogP contribution in [0.5, 0.6) is 0 Å². The molecule has 2 atom stereocenters. The van der Waals surface area contributed by atoms with Crippen LogP contribution in [0, 0.1) is 18.7 Å². The van der Waals surface area contributed by atoms with Crippen molar-refractivity contribution >= 4 is 5.91 Å². The quantitative estimate of drug-likeness (QED) is 0.822. The molecule has 0 radical (unpaired) electrons. The van der Waals surface area contributed by atoms with Crippen molar-refractivity contribution in [2.75, 3.05) is 20.2 Å². The minimum absolute atomic E-state index is 0.0335. The SMILES string of the molecule is COC1CN(C(=O)c2ccc(C)cc2F)CCC1C. The zero-order valence-electron chi connectivity index (χ0n) is 11.6. The number of piperidine rings is 1. The maximum Gasteiger partial charge on any atom is 0.256 e. The van der Waals surface area contributed by atoms with Gasteiger partial charge < -0.3 is 9.64 Å². The molecule has 104 valence electrons. The summed E-state index contributed by atoms with van der Waals surface area (Å²) in [6, 6.07) is 4.72. The second kappa shape index (κ2) is 5.70. The molecule has 1 saturated heterocycles. The first kappa shape index (κ1) is 14.0. The summed E-state index contributed by atoms with van der Waals surface area (Å²) < 4.78 is 19.2. The molecule has 1 heterocycles. The largest absolute Gasteiger partial charge is 0.379 e. The fourth-order valence-corrected chi connectivity index (χ4v) is 2.49. The van der Waals surface area contributed by atoms with Gasteiger partial charge >= 0.3 is 0 Å². The molecule has 1 aliphatic rings. The Kier molecular flexibility index (Phi) is 4.20. The van der Waals surface area contributed by atoms with Crippen molar-refractivity contribution in [3.8, 4) is 0 Å². The molecule has 0 spiro atoms. The van der Waals surface area contributed by atoms with Crippen molar-refractivity contribution in [3.63, 3.8) is 0 Å². The number of carbonyl (C=O) groups excluding carboxylic acids is 1. The number of nitrogens with zero attached hydrogens (tertiary/aromatic N) is 1. The van der Waals surface area contributed by atoms with E-state index in [9.17, 15) is 9.18 Å². The molecular weight excluding hydrogens is 245 g/mol. The standard InChI is InChI=1S/C15H20FNO2/c1-10-4-5-12(13(16)8-10)15(18)17-7-6-11(2)14(9-17)19-3/h4-5,8,11,14H,6-7,9H2,1-3H3. The number of carbonyl (C=O) groups is 1. The van der Waals surface area contributed by atoms with Gasteiger partial charge in [0.05, 0.1) is 11.7 Å². The fraction of sp³-hybridized carbons (Fsp3) is 0.533. The van der Waals surface area contributed by atoms with Gasteiger partial charge in [-0.2, -0.15) is 0 Å². The summed E-state index contributed by atoms with van der Waals surface area (Å²) in [5.41, 5.74) is 0.964. The third kappa shape index (κ3) is 2.95. The third-order valence-electron chi connectivity index (χ3n) is 3.83. The van der Waals surface area contributed by atoms with E-state index < -0.39 is 5.82 Å². The van der Waals surface area contributed by atoms with Gasteiger partial charge in [-0.25, -0.2) is 4.39 Å². The highest BCUT2D eigenvalue weighted by molar-refractivity contribution is 5.94. The van der Waals surface area contributed by atoms with Crippen LogP contribution < -0.4 is 0 Å². The molecule has 1 aliphatic heterocycles. The Morgan fingerprint density at radius 1 is 1.47 bits per heavy atom. The highest BCUT2D eigenvalue weighted by Gasteiger charge is 2.30. The maximum absolute atomic E-state index is 13.8. The van der Waals surface area contributed by atoms with Crippen LogP contribution in [-0.2, 0) is 4.74 Å². The van der Waals surface area contributed by atoms with E-state index >= 15 is 0 Å². The average molecular weight is 265 g/mol. The molecule has 1 aromatic carbocycles. The molecule has 3 nitrogen and oxygen atoms in total. The molecule has 1 amide bonds. The first-order valence-electron chi connectivity index (χ1n) is 6.61. The van der Waals surface area contributed by atoms with Gasteiger partial charge in [-0.1, -0.05) is 13.0 Å². The number of halogens is 1. The maximum atomic E-state index is 13.8. The van der Waals surface area contributed by atoms with Crippen LogP contribution in [-0.4, -0.2) is 37.1 Å². The van der Waals surface area contributed by atoms with E-state index in [1.54, 1.807) is 31.1 Å². The highest BCUT2D eigenvalue weighted by atomic mass is 19.1. The number of methoxy groups -OCH3 is 1. The van der Waals surface area contributed by atoms with Crippen molar-refractivity contribution in [1.82, 2.24) is 4.90 Å². The van der Waals surface area contributed by atoms with E-state index in [2.05, 4.69) is 6.92 Å². The number of hydrogen-bond donors (Lipinski definition) is 0. The highest BCUT2D eigenvalue weighted by Crippen LogP contribution is 2.22. The molecule has 19 heavy (non-hydrogen) atoms. The average Bonchev–Trinajstić information content (AvgIpc) is 2.38. The van der Waals surface area contributed by atoms with Crippen molar-refractivity contribution in [2.24, 2.45) is 5.92 Å². The molecule has 0 aliphatic carbocycles. The summed E-state index contributed by atoms with van der Waals surface area (Å²) in [7, 11) is 1.65. The van der Waals surface area contributed by atoms with E-state index in [-0.39, 0.29) is 17.6 Å². The van der Waals surface area contributed by atoms with Crippen LogP contribution in [0.4, 0.5) is 4.39 Å². The van der Waals surface area contributed by atoms with Crippen LogP contribution >= 0.6 is 0 Å². The number of ether oxygens (including phenoxy) is 1. The molecule has 0 saturated carbocycles. The second-order valence-electron chi connectivity index (χ2n) is 5.27. The lowest BCUT2D eigenvalue weighted by molar-refractivity contribution is -0.00172. The van der Waals surface area contributed by atoms with E-state index in [4.69, 9.17) is 4.74 Å². The predicted octanol–water partition coefficient (Wildman–Crippen LogP) is 2.63. The zero-order chi connectivity index (χ0) is 14.0. The minimum Gasteiger partial charge on any atom is -0.379 e. The van der Waals surface area contributed by atoms with Gasteiger partial charge in [0.2, 0.25) is 0 Å². The van der Waals surface area contributed by atoms with Crippen LogP contribution in [0.1, 0.15) is 29.3 Å². The van der Waals surface area contributed by atoms with Crippen LogP contribution in [0.3, 0.4) is 0 Å². The Balaban J connectivity index is 2.15. The van der Waals surface area contributed by atoms with Crippen molar-refractivity contribution < 1.29 is 13.9 Å². The lowest BCUT2D eigenvalue weighted by Gasteiger charge is -2.36. The smallest absolute Gasteiger partial charge is 0.256 e. The molecule has 1 aromatic rings. The van der Waals surface area contributed by atoms with Crippen molar-refractivity contribution in [2.45, 2.75) is 26.4 Å². The topological polar surface area (TPSA) is 29.5 Å². The number of benzene rings is 1. The molecule has 2 rings (SSSR count). The molecule has 0 N–H and O–H groups in total. The molecule has 1 fully saturated rings. The number of likely N-dealkylation sites (tertiary alicyclic amines) is 1. The molecule has 0 aromatic heterocycles. The number of rotatable bonds is 2. The Morgan fingerprint density at radius 2 is 2.21 bits per heavy atom. The van der Waals surface area contributed by atoms with Gasteiger partial charge in [0.1, 0.15) is 5.82 Å². The Hall–Kier alpha value is -1.42. The van der Waals surface area contributed by atoms with Crippen LogP contribution in [0.25, 0.3) is 0 Å². The summed E-state index contributed by atoms with van der Waals surface area (Å²) in [6.07, 6.45) is 0.920. The molecule has 4 heteroatoms. The zero-order valence-corrected chi connectivity index (χ0v) is 11.6. The van der Waals surface area contributed by atoms with Crippen LogP contribution in [0.15, 0.2) is 18.2 Å².